The molecule has 0 fully saturated rings. The van der Waals surface area contributed by atoms with Crippen LogP contribution in [0.15, 0.2) is 35.2 Å². The summed E-state index contributed by atoms with van der Waals surface area (Å²) in [5, 5.41) is 20.8. The molecule has 6 nitrogen and oxygen atoms in total. The Kier molecular flexibility index (Phi) is 4.39. The van der Waals surface area contributed by atoms with Crippen molar-refractivity contribution in [3.05, 3.63) is 36.2 Å². The van der Waals surface area contributed by atoms with Gasteiger partial charge in [0.15, 0.2) is 11.4 Å². The molecule has 0 radical (unpaired) electrons. The second kappa shape index (κ2) is 6.04. The smallest absolute Gasteiger partial charge is 0.331 e. The first-order valence-corrected chi connectivity index (χ1v) is 7.25. The van der Waals surface area contributed by atoms with Crippen molar-refractivity contribution in [2.24, 2.45) is 0 Å². The number of aromatic nitrogens is 4. The van der Waals surface area contributed by atoms with E-state index in [1.807, 2.05) is 37.3 Å². The van der Waals surface area contributed by atoms with E-state index in [1.54, 1.807) is 18.7 Å². The van der Waals surface area contributed by atoms with E-state index in [0.717, 1.165) is 4.90 Å². The normalized spacial score (nSPS) is 13.9. The first-order chi connectivity index (χ1) is 9.58. The molecule has 1 unspecified atom stereocenters. The summed E-state index contributed by atoms with van der Waals surface area (Å²) in [6.45, 7) is 3.44. The van der Waals surface area contributed by atoms with Crippen molar-refractivity contribution < 1.29 is 9.90 Å². The monoisotopic (exact) mass is 292 g/mol. The Morgan fingerprint density at radius 1 is 1.40 bits per heavy atom. The van der Waals surface area contributed by atoms with Gasteiger partial charge >= 0.3 is 5.97 Å². The second-order valence-electron chi connectivity index (χ2n) is 4.54. The van der Waals surface area contributed by atoms with Crippen LogP contribution in [0.2, 0.25) is 0 Å². The molecule has 0 saturated heterocycles. The first kappa shape index (κ1) is 14.5. The minimum absolute atomic E-state index is 0.413. The van der Waals surface area contributed by atoms with E-state index in [-0.39, 0.29) is 0 Å². The highest BCUT2D eigenvalue weighted by Crippen LogP contribution is 2.25. The van der Waals surface area contributed by atoms with E-state index in [2.05, 4.69) is 15.5 Å². The maximum absolute atomic E-state index is 11.5. The molecule has 0 aliphatic rings. The van der Waals surface area contributed by atoms with Gasteiger partial charge in [0.2, 0.25) is 0 Å². The summed E-state index contributed by atoms with van der Waals surface area (Å²) in [6, 6.07) is 9.86. The molecule has 1 heterocycles. The van der Waals surface area contributed by atoms with E-state index in [9.17, 15) is 9.90 Å². The van der Waals surface area contributed by atoms with Crippen LogP contribution < -0.4 is 0 Å². The minimum atomic E-state index is -1.11. The summed E-state index contributed by atoms with van der Waals surface area (Å²) >= 11 is 1.57. The van der Waals surface area contributed by atoms with Crippen molar-refractivity contribution in [2.75, 3.05) is 0 Å². The first-order valence-electron chi connectivity index (χ1n) is 6.27. The predicted octanol–water partition coefficient (Wildman–Crippen LogP) is 2.18. The number of carboxylic acids is 1. The average Bonchev–Trinajstić information content (AvgIpc) is 2.94. The molecule has 0 spiro atoms. The number of carboxylic acid groups (broad SMARTS) is 1. The third kappa shape index (κ3) is 2.82. The molecule has 1 atom stereocenters. The number of nitrogens with zero attached hydrogens (tertiary/aromatic N) is 4. The molecule has 7 heteroatoms. The van der Waals surface area contributed by atoms with Crippen LogP contribution in [0.1, 0.15) is 26.1 Å². The summed E-state index contributed by atoms with van der Waals surface area (Å²) < 4.78 is 1.41. The van der Waals surface area contributed by atoms with Crippen molar-refractivity contribution in [3.8, 4) is 0 Å². The molecular weight excluding hydrogens is 276 g/mol. The van der Waals surface area contributed by atoms with Crippen LogP contribution >= 0.6 is 11.8 Å². The lowest BCUT2D eigenvalue weighted by Crippen LogP contribution is -2.40. The average molecular weight is 292 g/mol. The van der Waals surface area contributed by atoms with Crippen LogP contribution in [-0.4, -0.2) is 31.3 Å². The van der Waals surface area contributed by atoms with Gasteiger partial charge in [0.1, 0.15) is 0 Å². The van der Waals surface area contributed by atoms with E-state index >= 15 is 0 Å². The van der Waals surface area contributed by atoms with Crippen LogP contribution in [0, 0.1) is 0 Å². The number of hydrogen-bond donors (Lipinski definition) is 1. The van der Waals surface area contributed by atoms with Gasteiger partial charge in [0, 0.05) is 4.90 Å². The van der Waals surface area contributed by atoms with E-state index < -0.39 is 11.5 Å². The van der Waals surface area contributed by atoms with Crippen LogP contribution in [0.5, 0.6) is 0 Å². The number of thioether (sulfide) groups is 1. The van der Waals surface area contributed by atoms with Gasteiger partial charge in [-0.15, -0.1) is 16.9 Å². The quantitative estimate of drug-likeness (QED) is 0.822. The third-order valence-electron chi connectivity index (χ3n) is 3.26. The number of benzene rings is 1. The Hall–Kier alpha value is -1.89. The topological polar surface area (TPSA) is 80.9 Å². The Bertz CT molecular complexity index is 587. The highest BCUT2D eigenvalue weighted by Gasteiger charge is 2.36. The molecule has 0 bridgehead atoms. The van der Waals surface area contributed by atoms with Crippen molar-refractivity contribution in [2.45, 2.75) is 36.5 Å². The molecule has 0 amide bonds. The Morgan fingerprint density at radius 2 is 2.10 bits per heavy atom. The second-order valence-corrected chi connectivity index (χ2v) is 5.59. The standard InChI is InChI=1S/C13H16N4O2S/c1-3-13(2,12(18)19)17-11(14-15-16-17)9-20-10-7-5-4-6-8-10/h4-8H,3,9H2,1-2H3,(H,18,19). The Labute approximate surface area is 121 Å². The molecule has 20 heavy (non-hydrogen) atoms. The maximum Gasteiger partial charge on any atom is 0.331 e. The van der Waals surface area contributed by atoms with Gasteiger partial charge in [-0.2, -0.15) is 0 Å². The summed E-state index contributed by atoms with van der Waals surface area (Å²) in [7, 11) is 0. The lowest BCUT2D eigenvalue weighted by Gasteiger charge is -2.23. The molecule has 0 aliphatic heterocycles. The zero-order valence-electron chi connectivity index (χ0n) is 11.4. The molecule has 1 aromatic carbocycles. The summed E-state index contributed by atoms with van der Waals surface area (Å²) in [6.07, 6.45) is 0.413. The highest BCUT2D eigenvalue weighted by molar-refractivity contribution is 7.98. The molecule has 0 saturated carbocycles. The van der Waals surface area contributed by atoms with Crippen molar-refractivity contribution in [1.82, 2.24) is 20.2 Å². The SMILES string of the molecule is CCC(C)(C(=O)O)n1nnnc1CSc1ccccc1. The van der Waals surface area contributed by atoms with Crippen molar-refractivity contribution in [3.63, 3.8) is 0 Å². The largest absolute Gasteiger partial charge is 0.479 e. The molecule has 106 valence electrons. The summed E-state index contributed by atoms with van der Waals surface area (Å²) in [4.78, 5) is 12.5. The van der Waals surface area contributed by atoms with Gasteiger partial charge in [0.25, 0.3) is 0 Å². The van der Waals surface area contributed by atoms with Gasteiger partial charge in [0.05, 0.1) is 5.75 Å². The molecule has 0 aliphatic carbocycles. The van der Waals surface area contributed by atoms with Gasteiger partial charge in [-0.05, 0) is 35.9 Å². The summed E-state index contributed by atoms with van der Waals surface area (Å²) in [5.74, 6) is 0.156. The zero-order valence-corrected chi connectivity index (χ0v) is 12.2. The molecule has 1 aromatic heterocycles. The number of hydrogen-bond acceptors (Lipinski definition) is 5. The van der Waals surface area contributed by atoms with E-state index in [4.69, 9.17) is 0 Å². The fourth-order valence-corrected chi connectivity index (χ4v) is 2.56. The van der Waals surface area contributed by atoms with Crippen LogP contribution in [-0.2, 0) is 16.1 Å². The highest BCUT2D eigenvalue weighted by atomic mass is 32.2. The number of carbonyl (C=O) groups is 1. The summed E-state index contributed by atoms with van der Waals surface area (Å²) in [5.41, 5.74) is -1.11. The molecular formula is C13H16N4O2S. The van der Waals surface area contributed by atoms with Gasteiger partial charge in [-0.1, -0.05) is 25.1 Å². The fraction of sp³-hybridized carbons (Fsp3) is 0.385. The number of tetrazole rings is 1. The fourth-order valence-electron chi connectivity index (χ4n) is 1.74. The van der Waals surface area contributed by atoms with Crippen LogP contribution in [0.25, 0.3) is 0 Å². The third-order valence-corrected chi connectivity index (χ3v) is 4.27. The lowest BCUT2D eigenvalue weighted by molar-refractivity contribution is -0.147. The van der Waals surface area contributed by atoms with Crippen LogP contribution in [0.4, 0.5) is 0 Å². The van der Waals surface area contributed by atoms with E-state index in [0.29, 0.717) is 18.0 Å². The Morgan fingerprint density at radius 3 is 2.70 bits per heavy atom. The Balaban J connectivity index is 2.19. The predicted molar refractivity (Wildman–Crippen MR) is 75.4 cm³/mol. The zero-order chi connectivity index (χ0) is 14.6. The number of rotatable bonds is 6. The van der Waals surface area contributed by atoms with Gasteiger partial charge in [-0.3, -0.25) is 0 Å². The molecule has 1 N–H and O–H groups in total. The van der Waals surface area contributed by atoms with Gasteiger partial charge in [-0.25, -0.2) is 9.48 Å². The lowest BCUT2D eigenvalue weighted by atomic mass is 9.99. The molecule has 2 rings (SSSR count). The van der Waals surface area contributed by atoms with Crippen molar-refractivity contribution >= 4 is 17.7 Å². The maximum atomic E-state index is 11.5. The van der Waals surface area contributed by atoms with E-state index in [1.165, 1.54) is 4.68 Å². The number of aliphatic carboxylic acids is 1. The molecule has 2 aromatic rings. The minimum Gasteiger partial charge on any atom is -0.479 e. The van der Waals surface area contributed by atoms with Gasteiger partial charge < -0.3 is 5.11 Å². The van der Waals surface area contributed by atoms with Crippen LogP contribution in [0.3, 0.4) is 0 Å². The van der Waals surface area contributed by atoms with Crippen molar-refractivity contribution in [1.29, 1.82) is 0 Å².